The number of pyridine rings is 1. The maximum atomic E-state index is 12.2. The van der Waals surface area contributed by atoms with Crippen LogP contribution < -0.4 is 5.32 Å². The highest BCUT2D eigenvalue weighted by Crippen LogP contribution is 2.19. The van der Waals surface area contributed by atoms with Crippen molar-refractivity contribution in [2.75, 3.05) is 0 Å². The van der Waals surface area contributed by atoms with Crippen LogP contribution in [0.25, 0.3) is 21.6 Å². The number of thiazole rings is 1. The van der Waals surface area contributed by atoms with Crippen LogP contribution in [0.1, 0.15) is 16.2 Å². The Kier molecular flexibility index (Phi) is 3.72. The standard InChI is InChI=1S/C16H11N5O2S/c22-16(10-3-4-12-13(6-10)24-9-19-12)18-8-14-20-15(21-23-14)11-2-1-5-17-7-11/h1-7,9H,8H2,(H,18,22). The second-order valence-corrected chi connectivity index (χ2v) is 5.86. The zero-order valence-corrected chi connectivity index (χ0v) is 13.2. The zero-order chi connectivity index (χ0) is 16.4. The predicted octanol–water partition coefficient (Wildman–Crippen LogP) is 2.67. The topological polar surface area (TPSA) is 93.8 Å². The molecular weight excluding hydrogens is 326 g/mol. The SMILES string of the molecule is O=C(NCc1nc(-c2cccnc2)no1)c1ccc2ncsc2c1. The normalized spacial score (nSPS) is 10.8. The second-order valence-electron chi connectivity index (χ2n) is 4.97. The summed E-state index contributed by atoms with van der Waals surface area (Å²) in [6.07, 6.45) is 3.32. The molecule has 1 N–H and O–H groups in total. The molecule has 1 aromatic carbocycles. The van der Waals surface area contributed by atoms with E-state index >= 15 is 0 Å². The van der Waals surface area contributed by atoms with Crippen LogP contribution in [-0.4, -0.2) is 26.0 Å². The largest absolute Gasteiger partial charge is 0.343 e. The van der Waals surface area contributed by atoms with Gasteiger partial charge in [0.2, 0.25) is 11.7 Å². The van der Waals surface area contributed by atoms with Gasteiger partial charge in [-0.3, -0.25) is 9.78 Å². The number of nitrogens with one attached hydrogen (secondary N) is 1. The molecule has 0 atom stereocenters. The van der Waals surface area contributed by atoms with E-state index in [9.17, 15) is 4.79 Å². The monoisotopic (exact) mass is 337 g/mol. The summed E-state index contributed by atoms with van der Waals surface area (Å²) in [5.41, 5.74) is 3.97. The molecule has 0 bridgehead atoms. The number of hydrogen-bond donors (Lipinski definition) is 1. The third-order valence-electron chi connectivity index (χ3n) is 3.38. The summed E-state index contributed by atoms with van der Waals surface area (Å²) in [4.78, 5) is 24.7. The number of fused-ring (bicyclic) bond motifs is 1. The summed E-state index contributed by atoms with van der Waals surface area (Å²) in [5, 5.41) is 6.66. The lowest BCUT2D eigenvalue weighted by Gasteiger charge is -2.02. The zero-order valence-electron chi connectivity index (χ0n) is 12.3. The van der Waals surface area contributed by atoms with Gasteiger partial charge >= 0.3 is 0 Å². The lowest BCUT2D eigenvalue weighted by atomic mass is 10.2. The summed E-state index contributed by atoms with van der Waals surface area (Å²) < 4.78 is 6.12. The van der Waals surface area contributed by atoms with Gasteiger partial charge in [-0.05, 0) is 30.3 Å². The minimum atomic E-state index is -0.202. The van der Waals surface area contributed by atoms with Crippen molar-refractivity contribution in [2.24, 2.45) is 0 Å². The van der Waals surface area contributed by atoms with E-state index in [0.717, 1.165) is 15.8 Å². The first-order valence-corrected chi connectivity index (χ1v) is 8.02. The Labute approximate surface area is 140 Å². The number of amides is 1. The lowest BCUT2D eigenvalue weighted by Crippen LogP contribution is -2.22. The third kappa shape index (κ3) is 2.86. The number of nitrogens with zero attached hydrogens (tertiary/aromatic N) is 4. The lowest BCUT2D eigenvalue weighted by molar-refractivity contribution is 0.0946. The molecule has 0 spiro atoms. The van der Waals surface area contributed by atoms with Crippen LogP contribution in [0, 0.1) is 0 Å². The highest BCUT2D eigenvalue weighted by molar-refractivity contribution is 7.16. The first kappa shape index (κ1) is 14.5. The van der Waals surface area contributed by atoms with Crippen LogP contribution in [0.3, 0.4) is 0 Å². The van der Waals surface area contributed by atoms with Gasteiger partial charge in [-0.1, -0.05) is 5.16 Å². The molecule has 0 aliphatic rings. The minimum Gasteiger partial charge on any atom is -0.343 e. The Morgan fingerprint density at radius 2 is 2.25 bits per heavy atom. The van der Waals surface area contributed by atoms with Crippen LogP contribution in [0.2, 0.25) is 0 Å². The molecule has 0 radical (unpaired) electrons. The van der Waals surface area contributed by atoms with E-state index < -0.39 is 0 Å². The second kappa shape index (κ2) is 6.17. The highest BCUT2D eigenvalue weighted by Gasteiger charge is 2.11. The quantitative estimate of drug-likeness (QED) is 0.615. The fourth-order valence-corrected chi connectivity index (χ4v) is 2.91. The number of benzene rings is 1. The molecule has 0 saturated carbocycles. The van der Waals surface area contributed by atoms with Crippen LogP contribution in [0.5, 0.6) is 0 Å². The smallest absolute Gasteiger partial charge is 0.251 e. The van der Waals surface area contributed by atoms with Gasteiger partial charge in [0, 0.05) is 23.5 Å². The van der Waals surface area contributed by atoms with E-state index in [1.165, 1.54) is 11.3 Å². The van der Waals surface area contributed by atoms with Crippen molar-refractivity contribution in [3.8, 4) is 11.4 Å². The molecule has 0 unspecified atom stereocenters. The van der Waals surface area contributed by atoms with Crippen molar-refractivity contribution in [1.82, 2.24) is 25.4 Å². The Bertz CT molecular complexity index is 996. The van der Waals surface area contributed by atoms with Crippen LogP contribution in [0.15, 0.2) is 52.8 Å². The predicted molar refractivity (Wildman–Crippen MR) is 88.3 cm³/mol. The van der Waals surface area contributed by atoms with Gasteiger partial charge in [0.05, 0.1) is 22.3 Å². The molecule has 118 valence electrons. The summed E-state index contributed by atoms with van der Waals surface area (Å²) in [6.45, 7) is 0.160. The van der Waals surface area contributed by atoms with Crippen molar-refractivity contribution in [3.05, 3.63) is 59.7 Å². The van der Waals surface area contributed by atoms with Crippen molar-refractivity contribution in [2.45, 2.75) is 6.54 Å². The molecule has 3 aromatic heterocycles. The number of carbonyl (C=O) groups excluding carboxylic acids is 1. The molecule has 0 aliphatic heterocycles. The first-order valence-electron chi connectivity index (χ1n) is 7.14. The summed E-state index contributed by atoms with van der Waals surface area (Å²) in [7, 11) is 0. The van der Waals surface area contributed by atoms with Crippen molar-refractivity contribution >= 4 is 27.5 Å². The Hall–Kier alpha value is -3.13. The molecule has 0 saturated heterocycles. The maximum absolute atomic E-state index is 12.2. The molecule has 0 aliphatic carbocycles. The van der Waals surface area contributed by atoms with Crippen LogP contribution in [-0.2, 0) is 6.54 Å². The highest BCUT2D eigenvalue weighted by atomic mass is 32.1. The van der Waals surface area contributed by atoms with E-state index in [1.807, 2.05) is 18.2 Å². The van der Waals surface area contributed by atoms with E-state index in [0.29, 0.717) is 17.3 Å². The van der Waals surface area contributed by atoms with Crippen molar-refractivity contribution in [1.29, 1.82) is 0 Å². The van der Waals surface area contributed by atoms with Gasteiger partial charge in [-0.2, -0.15) is 4.98 Å². The summed E-state index contributed by atoms with van der Waals surface area (Å²) in [6, 6.07) is 9.02. The fourth-order valence-electron chi connectivity index (χ4n) is 2.19. The third-order valence-corrected chi connectivity index (χ3v) is 4.17. The van der Waals surface area contributed by atoms with Gasteiger partial charge in [-0.15, -0.1) is 11.3 Å². The van der Waals surface area contributed by atoms with E-state index in [4.69, 9.17) is 4.52 Å². The Morgan fingerprint density at radius 1 is 1.29 bits per heavy atom. The maximum Gasteiger partial charge on any atom is 0.251 e. The number of carbonyl (C=O) groups is 1. The van der Waals surface area contributed by atoms with Gasteiger partial charge in [0.15, 0.2) is 0 Å². The summed E-state index contributed by atoms with van der Waals surface area (Å²) in [5.74, 6) is 0.575. The molecule has 4 rings (SSSR count). The average molecular weight is 337 g/mol. The molecular formula is C16H11N5O2S. The average Bonchev–Trinajstić information content (AvgIpc) is 3.29. The van der Waals surface area contributed by atoms with Crippen molar-refractivity contribution < 1.29 is 9.32 Å². The minimum absolute atomic E-state index is 0.160. The van der Waals surface area contributed by atoms with Gasteiger partial charge in [0.25, 0.3) is 5.91 Å². The Morgan fingerprint density at radius 3 is 3.12 bits per heavy atom. The first-order chi connectivity index (χ1) is 11.8. The van der Waals surface area contributed by atoms with Crippen molar-refractivity contribution in [3.63, 3.8) is 0 Å². The molecule has 4 aromatic rings. The van der Waals surface area contributed by atoms with E-state index in [-0.39, 0.29) is 12.5 Å². The number of hydrogen-bond acceptors (Lipinski definition) is 7. The van der Waals surface area contributed by atoms with E-state index in [1.54, 1.807) is 30.0 Å². The molecule has 3 heterocycles. The van der Waals surface area contributed by atoms with Gasteiger partial charge in [0.1, 0.15) is 0 Å². The molecule has 1 amide bonds. The van der Waals surface area contributed by atoms with Gasteiger partial charge < -0.3 is 9.84 Å². The van der Waals surface area contributed by atoms with Crippen LogP contribution >= 0.6 is 11.3 Å². The van der Waals surface area contributed by atoms with Crippen LogP contribution in [0.4, 0.5) is 0 Å². The molecule has 0 fully saturated rings. The van der Waals surface area contributed by atoms with E-state index in [2.05, 4.69) is 25.4 Å². The fraction of sp³-hybridized carbons (Fsp3) is 0.0625. The van der Waals surface area contributed by atoms with Gasteiger partial charge in [-0.25, -0.2) is 4.98 Å². The summed E-state index contributed by atoms with van der Waals surface area (Å²) >= 11 is 1.50. The molecule has 8 heteroatoms. The number of rotatable bonds is 4. The number of aromatic nitrogens is 4. The molecule has 7 nitrogen and oxygen atoms in total. The molecule has 24 heavy (non-hydrogen) atoms. The Balaban J connectivity index is 1.45.